The van der Waals surface area contributed by atoms with Gasteiger partial charge in [0.25, 0.3) is 0 Å². The highest BCUT2D eigenvalue weighted by Crippen LogP contribution is 2.19. The van der Waals surface area contributed by atoms with Crippen molar-refractivity contribution in [1.29, 1.82) is 0 Å². The van der Waals surface area contributed by atoms with Crippen molar-refractivity contribution in [2.75, 3.05) is 5.73 Å². The van der Waals surface area contributed by atoms with Crippen molar-refractivity contribution >= 4 is 16.8 Å². The van der Waals surface area contributed by atoms with Crippen molar-refractivity contribution in [3.05, 3.63) is 63.0 Å². The zero-order valence-electron chi connectivity index (χ0n) is 10.7. The van der Waals surface area contributed by atoms with Crippen LogP contribution in [0.5, 0.6) is 0 Å². The van der Waals surface area contributed by atoms with Crippen LogP contribution in [0.15, 0.2) is 50.5 Å². The van der Waals surface area contributed by atoms with Crippen LogP contribution in [-0.2, 0) is 0 Å². The van der Waals surface area contributed by atoms with Crippen LogP contribution in [0.25, 0.3) is 16.7 Å². The summed E-state index contributed by atoms with van der Waals surface area (Å²) in [5.74, 6) is 0.650. The second-order valence-corrected chi connectivity index (χ2v) is 4.38. The Morgan fingerprint density at radius 2 is 2.05 bits per heavy atom. The minimum absolute atomic E-state index is 0.134. The monoisotopic (exact) mass is 269 g/mol. The third kappa shape index (κ3) is 1.87. The molecule has 0 amide bonds. The lowest BCUT2D eigenvalue weighted by Gasteiger charge is -2.08. The summed E-state index contributed by atoms with van der Waals surface area (Å²) in [6.45, 7) is 1.70. The Morgan fingerprint density at radius 3 is 2.80 bits per heavy atom. The van der Waals surface area contributed by atoms with Crippen LogP contribution in [0, 0.1) is 6.92 Å². The van der Waals surface area contributed by atoms with Gasteiger partial charge >= 0.3 is 5.69 Å². The predicted octanol–water partition coefficient (Wildman–Crippen LogP) is 1.23. The van der Waals surface area contributed by atoms with E-state index in [2.05, 4.69) is 4.98 Å². The van der Waals surface area contributed by atoms with Crippen molar-refractivity contribution in [2.45, 2.75) is 6.92 Å². The van der Waals surface area contributed by atoms with Crippen molar-refractivity contribution < 1.29 is 4.42 Å². The van der Waals surface area contributed by atoms with Gasteiger partial charge in [0.2, 0.25) is 0 Å². The first-order valence-corrected chi connectivity index (χ1v) is 5.95. The van der Waals surface area contributed by atoms with E-state index in [-0.39, 0.29) is 11.2 Å². The summed E-state index contributed by atoms with van der Waals surface area (Å²) in [5, 5.41) is 0.340. The Hall–Kier alpha value is -2.89. The average Bonchev–Trinajstić information content (AvgIpc) is 2.37. The molecule has 6 heteroatoms. The standard InChI is InChI=1S/C14H11N3O3/c1-8-7-10(18)13-9(3-2-4-11(13)20-8)17-6-5-12(15)16-14(17)19/h2-7H,1H3,(H2,15,16,19). The third-order valence-electron chi connectivity index (χ3n) is 2.94. The second-order valence-electron chi connectivity index (χ2n) is 4.38. The molecule has 0 aliphatic rings. The highest BCUT2D eigenvalue weighted by molar-refractivity contribution is 5.85. The first-order valence-electron chi connectivity index (χ1n) is 5.95. The van der Waals surface area contributed by atoms with E-state index in [1.165, 1.54) is 22.9 Å². The maximum Gasteiger partial charge on any atom is 0.354 e. The summed E-state index contributed by atoms with van der Waals surface area (Å²) < 4.78 is 6.78. The summed E-state index contributed by atoms with van der Waals surface area (Å²) in [6.07, 6.45) is 1.48. The van der Waals surface area contributed by atoms with E-state index in [9.17, 15) is 9.59 Å². The molecule has 0 radical (unpaired) electrons. The number of fused-ring (bicyclic) bond motifs is 1. The van der Waals surface area contributed by atoms with Gasteiger partial charge < -0.3 is 10.2 Å². The lowest BCUT2D eigenvalue weighted by molar-refractivity contribution is 0.564. The zero-order chi connectivity index (χ0) is 14.3. The van der Waals surface area contributed by atoms with Gasteiger partial charge in [-0.2, -0.15) is 4.98 Å². The fourth-order valence-electron chi connectivity index (χ4n) is 2.11. The van der Waals surface area contributed by atoms with E-state index in [1.807, 2.05) is 0 Å². The Labute approximate surface area is 113 Å². The fourth-order valence-corrected chi connectivity index (χ4v) is 2.11. The molecule has 2 N–H and O–H groups in total. The van der Waals surface area contributed by atoms with E-state index in [1.54, 1.807) is 25.1 Å². The molecule has 0 aliphatic carbocycles. The van der Waals surface area contributed by atoms with Gasteiger partial charge in [-0.3, -0.25) is 9.36 Å². The second kappa shape index (κ2) is 4.34. The maximum absolute atomic E-state index is 12.2. The number of hydrogen-bond donors (Lipinski definition) is 1. The number of hydrogen-bond acceptors (Lipinski definition) is 5. The molecule has 0 aliphatic heterocycles. The molecule has 6 nitrogen and oxygen atoms in total. The number of aryl methyl sites for hydroxylation is 1. The van der Waals surface area contributed by atoms with Crippen LogP contribution in [0.1, 0.15) is 5.76 Å². The lowest BCUT2D eigenvalue weighted by Crippen LogP contribution is -2.22. The van der Waals surface area contributed by atoms with Crippen LogP contribution in [0.4, 0.5) is 5.82 Å². The Balaban J connectivity index is 2.43. The van der Waals surface area contributed by atoms with Crippen LogP contribution < -0.4 is 16.9 Å². The lowest BCUT2D eigenvalue weighted by atomic mass is 10.2. The molecule has 100 valence electrons. The van der Waals surface area contributed by atoms with Crippen molar-refractivity contribution in [1.82, 2.24) is 9.55 Å². The Morgan fingerprint density at radius 1 is 1.25 bits per heavy atom. The molecule has 0 spiro atoms. The molecule has 0 atom stereocenters. The van der Waals surface area contributed by atoms with E-state index in [0.29, 0.717) is 22.4 Å². The molecule has 0 saturated carbocycles. The molecule has 0 fully saturated rings. The van der Waals surface area contributed by atoms with Crippen molar-refractivity contribution in [2.24, 2.45) is 0 Å². The minimum Gasteiger partial charge on any atom is -0.461 e. The molecule has 20 heavy (non-hydrogen) atoms. The highest BCUT2D eigenvalue weighted by Gasteiger charge is 2.11. The number of benzene rings is 1. The van der Waals surface area contributed by atoms with E-state index in [0.717, 1.165) is 0 Å². The predicted molar refractivity (Wildman–Crippen MR) is 75.0 cm³/mol. The average molecular weight is 269 g/mol. The maximum atomic E-state index is 12.2. The summed E-state index contributed by atoms with van der Waals surface area (Å²) in [7, 11) is 0. The van der Waals surface area contributed by atoms with Gasteiger partial charge in [-0.1, -0.05) is 6.07 Å². The van der Waals surface area contributed by atoms with Crippen molar-refractivity contribution in [3.8, 4) is 5.69 Å². The van der Waals surface area contributed by atoms with E-state index < -0.39 is 5.69 Å². The highest BCUT2D eigenvalue weighted by atomic mass is 16.3. The number of aromatic nitrogens is 2. The van der Waals surface area contributed by atoms with Gasteiger partial charge in [0.15, 0.2) is 5.43 Å². The Bertz CT molecular complexity index is 925. The number of nitrogens with two attached hydrogens (primary N) is 1. The molecular weight excluding hydrogens is 258 g/mol. The van der Waals surface area contributed by atoms with Gasteiger partial charge in [-0.25, -0.2) is 4.79 Å². The minimum atomic E-state index is -0.544. The molecule has 1 aromatic carbocycles. The zero-order valence-corrected chi connectivity index (χ0v) is 10.7. The van der Waals surface area contributed by atoms with E-state index in [4.69, 9.17) is 10.2 Å². The first-order chi connectivity index (χ1) is 9.56. The van der Waals surface area contributed by atoms with Gasteiger partial charge in [-0.05, 0) is 25.1 Å². The fraction of sp³-hybridized carbons (Fsp3) is 0.0714. The molecule has 3 aromatic rings. The smallest absolute Gasteiger partial charge is 0.354 e. The largest absolute Gasteiger partial charge is 0.461 e. The van der Waals surface area contributed by atoms with Crippen LogP contribution in [-0.4, -0.2) is 9.55 Å². The molecule has 2 heterocycles. The molecular formula is C14H11N3O3. The van der Waals surface area contributed by atoms with E-state index >= 15 is 0 Å². The number of nitrogen functional groups attached to an aromatic ring is 1. The summed E-state index contributed by atoms with van der Waals surface area (Å²) in [5.41, 5.74) is 5.57. The molecule has 2 aromatic heterocycles. The summed E-state index contributed by atoms with van der Waals surface area (Å²) in [6, 6.07) is 7.94. The molecule has 3 rings (SSSR count). The number of anilines is 1. The number of nitrogens with zero attached hydrogens (tertiary/aromatic N) is 2. The number of rotatable bonds is 1. The topological polar surface area (TPSA) is 91.1 Å². The molecule has 0 saturated heterocycles. The quantitative estimate of drug-likeness (QED) is 0.717. The van der Waals surface area contributed by atoms with Crippen LogP contribution in [0.2, 0.25) is 0 Å². The Kier molecular flexibility index (Phi) is 2.64. The van der Waals surface area contributed by atoms with Crippen LogP contribution >= 0.6 is 0 Å². The third-order valence-corrected chi connectivity index (χ3v) is 2.94. The molecule has 0 bridgehead atoms. The normalized spacial score (nSPS) is 10.8. The van der Waals surface area contributed by atoms with Gasteiger partial charge in [0.1, 0.15) is 17.2 Å². The molecule has 0 unspecified atom stereocenters. The van der Waals surface area contributed by atoms with Crippen LogP contribution in [0.3, 0.4) is 0 Å². The van der Waals surface area contributed by atoms with Gasteiger partial charge in [0, 0.05) is 12.3 Å². The summed E-state index contributed by atoms with van der Waals surface area (Å²) in [4.78, 5) is 27.7. The van der Waals surface area contributed by atoms with Crippen molar-refractivity contribution in [3.63, 3.8) is 0 Å². The first kappa shape index (κ1) is 12.2. The SMILES string of the molecule is Cc1cc(=O)c2c(-n3ccc(N)nc3=O)cccc2o1. The van der Waals surface area contributed by atoms with Gasteiger partial charge in [0.05, 0.1) is 11.1 Å². The van der Waals surface area contributed by atoms with Gasteiger partial charge in [-0.15, -0.1) is 0 Å². The summed E-state index contributed by atoms with van der Waals surface area (Å²) >= 11 is 0.